The molecule has 0 saturated carbocycles. The number of nitro groups is 1. The van der Waals surface area contributed by atoms with Gasteiger partial charge >= 0.3 is 0 Å². The smallest absolute Gasteiger partial charge is 0.269 e. The lowest BCUT2D eigenvalue weighted by molar-refractivity contribution is -0.384. The number of imide groups is 1. The monoisotopic (exact) mass is 252 g/mol. The van der Waals surface area contributed by atoms with Crippen molar-refractivity contribution in [3.05, 3.63) is 34.4 Å². The molecule has 1 saturated heterocycles. The van der Waals surface area contributed by atoms with Gasteiger partial charge in [-0.15, -0.1) is 11.8 Å². The van der Waals surface area contributed by atoms with Gasteiger partial charge in [-0.1, -0.05) is 0 Å². The van der Waals surface area contributed by atoms with Crippen molar-refractivity contribution in [1.82, 2.24) is 0 Å². The Morgan fingerprint density at radius 3 is 2.12 bits per heavy atom. The van der Waals surface area contributed by atoms with E-state index in [1.807, 2.05) is 0 Å². The number of rotatable bonds is 2. The van der Waals surface area contributed by atoms with Crippen molar-refractivity contribution in [3.63, 3.8) is 0 Å². The summed E-state index contributed by atoms with van der Waals surface area (Å²) in [6.07, 6.45) is 0. The molecule has 0 atom stereocenters. The zero-order chi connectivity index (χ0) is 12.4. The van der Waals surface area contributed by atoms with E-state index in [-0.39, 0.29) is 29.0 Å². The quantitative estimate of drug-likeness (QED) is 0.449. The number of carbonyl (C=O) groups excluding carboxylic acids is 2. The third-order valence-corrected chi connectivity index (χ3v) is 3.17. The third kappa shape index (κ3) is 2.28. The molecule has 1 aliphatic heterocycles. The first-order valence-electron chi connectivity index (χ1n) is 4.77. The van der Waals surface area contributed by atoms with Gasteiger partial charge in [0.25, 0.3) is 5.69 Å². The van der Waals surface area contributed by atoms with Crippen molar-refractivity contribution < 1.29 is 14.5 Å². The number of anilines is 1. The maximum atomic E-state index is 11.6. The Morgan fingerprint density at radius 2 is 1.65 bits per heavy atom. The molecule has 1 aromatic carbocycles. The number of non-ortho nitro benzene ring substituents is 1. The second kappa shape index (κ2) is 4.54. The number of amides is 2. The van der Waals surface area contributed by atoms with Crippen molar-refractivity contribution >= 4 is 35.0 Å². The van der Waals surface area contributed by atoms with Gasteiger partial charge in [-0.25, -0.2) is 4.90 Å². The van der Waals surface area contributed by atoms with Crippen LogP contribution in [-0.4, -0.2) is 28.2 Å². The van der Waals surface area contributed by atoms with E-state index in [0.29, 0.717) is 5.69 Å². The number of hydrogen-bond acceptors (Lipinski definition) is 5. The predicted molar refractivity (Wildman–Crippen MR) is 62.9 cm³/mol. The fourth-order valence-corrected chi connectivity index (χ4v) is 2.21. The zero-order valence-electron chi connectivity index (χ0n) is 8.66. The van der Waals surface area contributed by atoms with E-state index in [4.69, 9.17) is 0 Å². The van der Waals surface area contributed by atoms with E-state index >= 15 is 0 Å². The van der Waals surface area contributed by atoms with Crippen LogP contribution < -0.4 is 4.90 Å². The Kier molecular flexibility index (Phi) is 3.10. The van der Waals surface area contributed by atoms with Gasteiger partial charge in [-0.3, -0.25) is 19.7 Å². The molecule has 1 fully saturated rings. The number of carbonyl (C=O) groups is 2. The van der Waals surface area contributed by atoms with Crippen LogP contribution in [-0.2, 0) is 9.59 Å². The first kappa shape index (κ1) is 11.6. The third-order valence-electron chi connectivity index (χ3n) is 2.27. The Morgan fingerprint density at radius 1 is 1.12 bits per heavy atom. The summed E-state index contributed by atoms with van der Waals surface area (Å²) in [7, 11) is 0. The molecule has 1 heterocycles. The summed E-state index contributed by atoms with van der Waals surface area (Å²) < 4.78 is 0. The normalized spacial score (nSPS) is 16.1. The lowest BCUT2D eigenvalue weighted by atomic mass is 10.2. The number of nitro benzene ring substituents is 1. The van der Waals surface area contributed by atoms with E-state index in [0.717, 1.165) is 4.90 Å². The molecule has 6 nitrogen and oxygen atoms in total. The molecule has 0 N–H and O–H groups in total. The Labute approximate surface area is 101 Å². The van der Waals surface area contributed by atoms with E-state index in [2.05, 4.69) is 0 Å². The summed E-state index contributed by atoms with van der Waals surface area (Å²) in [5.41, 5.74) is 0.311. The van der Waals surface area contributed by atoms with Gasteiger partial charge in [0, 0.05) is 12.1 Å². The summed E-state index contributed by atoms with van der Waals surface area (Å²) >= 11 is 1.27. The molecule has 0 aromatic heterocycles. The summed E-state index contributed by atoms with van der Waals surface area (Å²) in [6, 6.07) is 5.36. The minimum absolute atomic E-state index is 0.0694. The highest BCUT2D eigenvalue weighted by Crippen LogP contribution is 2.23. The summed E-state index contributed by atoms with van der Waals surface area (Å²) in [6.45, 7) is 0. The molecule has 7 heteroatoms. The molecule has 88 valence electrons. The van der Waals surface area contributed by atoms with Crippen LogP contribution in [0.2, 0.25) is 0 Å². The predicted octanol–water partition coefficient (Wildman–Crippen LogP) is 1.20. The minimum atomic E-state index is -0.528. The SMILES string of the molecule is O=C1CSCC(=O)N1c1ccc([N+](=O)[O-])cc1. The van der Waals surface area contributed by atoms with Gasteiger partial charge < -0.3 is 0 Å². The van der Waals surface area contributed by atoms with Crippen LogP contribution in [0.25, 0.3) is 0 Å². The maximum Gasteiger partial charge on any atom is 0.269 e. The molecule has 2 amide bonds. The van der Waals surface area contributed by atoms with Gasteiger partial charge in [0.2, 0.25) is 11.8 Å². The first-order valence-corrected chi connectivity index (χ1v) is 5.93. The topological polar surface area (TPSA) is 80.5 Å². The molecular formula is C10H8N2O4S. The summed E-state index contributed by atoms with van der Waals surface area (Å²) in [5.74, 6) is -0.0777. The molecule has 17 heavy (non-hydrogen) atoms. The van der Waals surface area contributed by atoms with Crippen LogP contribution >= 0.6 is 11.8 Å². The van der Waals surface area contributed by atoms with Crippen LogP contribution in [0, 0.1) is 10.1 Å². The second-order valence-electron chi connectivity index (χ2n) is 3.39. The van der Waals surface area contributed by atoms with Gasteiger partial charge in [-0.2, -0.15) is 0 Å². The van der Waals surface area contributed by atoms with E-state index in [1.54, 1.807) is 0 Å². The van der Waals surface area contributed by atoms with E-state index in [9.17, 15) is 19.7 Å². The standard InChI is InChI=1S/C10H8N2O4S/c13-9-5-17-6-10(14)11(9)7-1-3-8(4-2-7)12(15)16/h1-4H,5-6H2. The maximum absolute atomic E-state index is 11.6. The molecule has 0 bridgehead atoms. The molecule has 2 rings (SSSR count). The average Bonchev–Trinajstić information content (AvgIpc) is 2.29. The van der Waals surface area contributed by atoms with E-state index < -0.39 is 4.92 Å². The molecule has 1 aliphatic rings. The van der Waals surface area contributed by atoms with Gasteiger partial charge in [-0.05, 0) is 12.1 Å². The van der Waals surface area contributed by atoms with E-state index in [1.165, 1.54) is 36.0 Å². The minimum Gasteiger partial charge on any atom is -0.273 e. The molecular weight excluding hydrogens is 244 g/mol. The van der Waals surface area contributed by atoms with Gasteiger partial charge in [0.05, 0.1) is 22.1 Å². The number of hydrogen-bond donors (Lipinski definition) is 0. The highest BCUT2D eigenvalue weighted by Gasteiger charge is 2.27. The molecule has 0 radical (unpaired) electrons. The van der Waals surface area contributed by atoms with Crippen LogP contribution in [0.15, 0.2) is 24.3 Å². The van der Waals surface area contributed by atoms with Crippen LogP contribution in [0.1, 0.15) is 0 Å². The van der Waals surface area contributed by atoms with Crippen molar-refractivity contribution in [2.75, 3.05) is 16.4 Å². The van der Waals surface area contributed by atoms with Crippen LogP contribution in [0.3, 0.4) is 0 Å². The number of benzene rings is 1. The molecule has 0 aliphatic carbocycles. The zero-order valence-corrected chi connectivity index (χ0v) is 9.48. The Hall–Kier alpha value is -1.89. The largest absolute Gasteiger partial charge is 0.273 e. The van der Waals surface area contributed by atoms with Crippen molar-refractivity contribution in [3.8, 4) is 0 Å². The van der Waals surface area contributed by atoms with Crippen molar-refractivity contribution in [2.45, 2.75) is 0 Å². The van der Waals surface area contributed by atoms with Crippen molar-refractivity contribution in [2.24, 2.45) is 0 Å². The van der Waals surface area contributed by atoms with Crippen LogP contribution in [0.5, 0.6) is 0 Å². The highest BCUT2D eigenvalue weighted by atomic mass is 32.2. The molecule has 0 unspecified atom stereocenters. The number of thioether (sulfide) groups is 1. The first-order chi connectivity index (χ1) is 8.09. The van der Waals surface area contributed by atoms with Crippen molar-refractivity contribution in [1.29, 1.82) is 0 Å². The average molecular weight is 252 g/mol. The molecule has 0 spiro atoms. The van der Waals surface area contributed by atoms with Gasteiger partial charge in [0.1, 0.15) is 0 Å². The van der Waals surface area contributed by atoms with Gasteiger partial charge in [0.15, 0.2) is 0 Å². The lowest BCUT2D eigenvalue weighted by Crippen LogP contribution is -2.43. The van der Waals surface area contributed by atoms with Crippen LogP contribution in [0.4, 0.5) is 11.4 Å². The fourth-order valence-electron chi connectivity index (χ4n) is 1.51. The molecule has 1 aromatic rings. The fraction of sp³-hybridized carbons (Fsp3) is 0.200. The highest BCUT2D eigenvalue weighted by molar-refractivity contribution is 8.00. The Balaban J connectivity index is 2.29. The lowest BCUT2D eigenvalue weighted by Gasteiger charge is -2.24. The summed E-state index contributed by atoms with van der Waals surface area (Å²) in [5, 5.41) is 10.5. The second-order valence-corrected chi connectivity index (χ2v) is 4.37. The Bertz CT molecular complexity index is 470. The number of nitrogens with zero attached hydrogens (tertiary/aromatic N) is 2. The summed E-state index contributed by atoms with van der Waals surface area (Å²) in [4.78, 5) is 34.2.